The van der Waals surface area contributed by atoms with E-state index in [4.69, 9.17) is 10.5 Å². The van der Waals surface area contributed by atoms with Gasteiger partial charge in [-0.2, -0.15) is 0 Å². The van der Waals surface area contributed by atoms with Crippen molar-refractivity contribution < 1.29 is 9.53 Å². The Hall–Kier alpha value is -1.91. The topological polar surface area (TPSA) is 67.6 Å². The number of nitrogens with one attached hydrogen (secondary N) is 1. The van der Waals surface area contributed by atoms with E-state index in [1.807, 2.05) is 12.1 Å². The first-order valence-corrected chi connectivity index (χ1v) is 6.05. The van der Waals surface area contributed by atoms with Crippen LogP contribution in [0.4, 0.5) is 11.4 Å². The van der Waals surface area contributed by atoms with Crippen LogP contribution in [0.25, 0.3) is 0 Å². The summed E-state index contributed by atoms with van der Waals surface area (Å²) in [7, 11) is 1.63. The van der Waals surface area contributed by atoms with Gasteiger partial charge in [0.2, 0.25) is 5.91 Å². The highest BCUT2D eigenvalue weighted by Gasteiger charge is 2.23. The summed E-state index contributed by atoms with van der Waals surface area (Å²) in [6.07, 6.45) is 0.955. The molecule has 0 aromatic heterocycles. The Balaban J connectivity index is 2.09. The minimum absolute atomic E-state index is 0.0204. The lowest BCUT2D eigenvalue weighted by molar-refractivity contribution is -0.119. The highest BCUT2D eigenvalue weighted by Crippen LogP contribution is 2.27. The van der Waals surface area contributed by atoms with Crippen LogP contribution in [0.15, 0.2) is 18.2 Å². The van der Waals surface area contributed by atoms with Gasteiger partial charge in [0.1, 0.15) is 5.75 Å². The fraction of sp³-hybridized carbons (Fsp3) is 0.462. The molecule has 0 bridgehead atoms. The van der Waals surface area contributed by atoms with Crippen LogP contribution in [0.1, 0.15) is 13.3 Å². The van der Waals surface area contributed by atoms with Gasteiger partial charge in [-0.15, -0.1) is 0 Å². The van der Waals surface area contributed by atoms with Crippen LogP contribution in [0.5, 0.6) is 5.75 Å². The molecule has 5 heteroatoms. The number of nitrogens with two attached hydrogens (primary N) is 1. The number of amides is 1. The third-order valence-corrected chi connectivity index (χ3v) is 3.11. The van der Waals surface area contributed by atoms with E-state index >= 15 is 0 Å². The van der Waals surface area contributed by atoms with Gasteiger partial charge in [-0.1, -0.05) is 0 Å². The van der Waals surface area contributed by atoms with Crippen LogP contribution in [0, 0.1) is 0 Å². The van der Waals surface area contributed by atoms with Crippen molar-refractivity contribution in [1.82, 2.24) is 5.32 Å². The maximum absolute atomic E-state index is 11.0. The summed E-state index contributed by atoms with van der Waals surface area (Å²) in [5, 5.41) is 2.94. The van der Waals surface area contributed by atoms with E-state index < -0.39 is 0 Å². The Kier molecular flexibility index (Phi) is 3.60. The summed E-state index contributed by atoms with van der Waals surface area (Å²) in [5.74, 6) is 0.778. The summed E-state index contributed by atoms with van der Waals surface area (Å²) < 4.78 is 5.21. The van der Waals surface area contributed by atoms with Gasteiger partial charge in [0.05, 0.1) is 7.11 Å². The molecular weight excluding hydrogens is 230 g/mol. The average molecular weight is 249 g/mol. The van der Waals surface area contributed by atoms with Crippen molar-refractivity contribution in [3.63, 3.8) is 0 Å². The van der Waals surface area contributed by atoms with Crippen molar-refractivity contribution in [2.75, 3.05) is 30.8 Å². The van der Waals surface area contributed by atoms with Gasteiger partial charge in [0, 0.05) is 49.6 Å². The molecule has 1 aromatic carbocycles. The number of methoxy groups -OCH3 is 1. The third-order valence-electron chi connectivity index (χ3n) is 3.11. The zero-order valence-corrected chi connectivity index (χ0v) is 10.8. The van der Waals surface area contributed by atoms with E-state index in [0.29, 0.717) is 5.69 Å². The van der Waals surface area contributed by atoms with Crippen LogP contribution >= 0.6 is 0 Å². The highest BCUT2D eigenvalue weighted by atomic mass is 16.5. The fourth-order valence-electron chi connectivity index (χ4n) is 2.31. The van der Waals surface area contributed by atoms with Crippen molar-refractivity contribution in [1.29, 1.82) is 0 Å². The van der Waals surface area contributed by atoms with Crippen LogP contribution < -0.4 is 20.7 Å². The van der Waals surface area contributed by atoms with Crippen molar-refractivity contribution in [3.8, 4) is 5.75 Å². The molecule has 98 valence electrons. The maximum atomic E-state index is 11.0. The highest BCUT2D eigenvalue weighted by molar-refractivity contribution is 5.73. The largest absolute Gasteiger partial charge is 0.497 e. The number of carbonyl (C=O) groups is 1. The number of anilines is 2. The summed E-state index contributed by atoms with van der Waals surface area (Å²) in [5.41, 5.74) is 7.57. The second-order valence-corrected chi connectivity index (χ2v) is 4.60. The second-order valence-electron chi connectivity index (χ2n) is 4.60. The van der Waals surface area contributed by atoms with Gasteiger partial charge in [-0.25, -0.2) is 0 Å². The molecule has 1 atom stereocenters. The maximum Gasteiger partial charge on any atom is 0.217 e. The van der Waals surface area contributed by atoms with E-state index in [1.165, 1.54) is 0 Å². The Morgan fingerprint density at radius 1 is 1.50 bits per heavy atom. The molecule has 1 aliphatic heterocycles. The molecule has 0 spiro atoms. The smallest absolute Gasteiger partial charge is 0.217 e. The first-order chi connectivity index (χ1) is 8.58. The monoisotopic (exact) mass is 249 g/mol. The molecule has 1 amide bonds. The number of rotatable bonds is 3. The molecular formula is C13H19N3O2. The Morgan fingerprint density at radius 2 is 2.28 bits per heavy atom. The molecule has 2 rings (SSSR count). The number of nitrogen functional groups attached to an aromatic ring is 1. The minimum atomic E-state index is 0.0204. The SMILES string of the molecule is COc1cc(N)cc(N2CCC(NC(C)=O)C2)c1. The van der Waals surface area contributed by atoms with Gasteiger partial charge in [0.25, 0.3) is 0 Å². The zero-order chi connectivity index (χ0) is 13.1. The standard InChI is InChI=1S/C13H19N3O2/c1-9(17)15-11-3-4-16(8-11)12-5-10(14)6-13(7-12)18-2/h5-7,11H,3-4,8,14H2,1-2H3,(H,15,17). The number of carbonyl (C=O) groups excluding carboxylic acids is 1. The Labute approximate surface area is 107 Å². The first kappa shape index (κ1) is 12.5. The predicted molar refractivity (Wildman–Crippen MR) is 71.8 cm³/mol. The van der Waals surface area contributed by atoms with Crippen molar-refractivity contribution in [2.24, 2.45) is 0 Å². The van der Waals surface area contributed by atoms with Crippen molar-refractivity contribution in [2.45, 2.75) is 19.4 Å². The summed E-state index contributed by atoms with van der Waals surface area (Å²) >= 11 is 0. The normalized spacial score (nSPS) is 18.8. The molecule has 3 N–H and O–H groups in total. The van der Waals surface area contributed by atoms with E-state index in [9.17, 15) is 4.79 Å². The van der Waals surface area contributed by atoms with Crippen LogP contribution in [0.2, 0.25) is 0 Å². The number of hydrogen-bond acceptors (Lipinski definition) is 4. The summed E-state index contributed by atoms with van der Waals surface area (Å²) in [6, 6.07) is 5.91. The fourth-order valence-corrected chi connectivity index (χ4v) is 2.31. The summed E-state index contributed by atoms with van der Waals surface area (Å²) in [4.78, 5) is 13.2. The number of ether oxygens (including phenoxy) is 1. The van der Waals surface area contributed by atoms with Crippen LogP contribution in [-0.2, 0) is 4.79 Å². The quantitative estimate of drug-likeness (QED) is 0.784. The predicted octanol–water partition coefficient (Wildman–Crippen LogP) is 0.992. The molecule has 1 aromatic rings. The first-order valence-electron chi connectivity index (χ1n) is 6.05. The van der Waals surface area contributed by atoms with Gasteiger partial charge in [-0.3, -0.25) is 4.79 Å². The molecule has 1 fully saturated rings. The van der Waals surface area contributed by atoms with Gasteiger partial charge in [0.15, 0.2) is 0 Å². The van der Waals surface area contributed by atoms with Gasteiger partial charge in [-0.05, 0) is 12.5 Å². The molecule has 1 aliphatic rings. The van der Waals surface area contributed by atoms with E-state index in [2.05, 4.69) is 10.2 Å². The molecule has 5 nitrogen and oxygen atoms in total. The number of nitrogens with zero attached hydrogens (tertiary/aromatic N) is 1. The van der Waals surface area contributed by atoms with E-state index in [0.717, 1.165) is 30.9 Å². The number of benzene rings is 1. The van der Waals surface area contributed by atoms with Crippen LogP contribution in [0.3, 0.4) is 0 Å². The zero-order valence-electron chi connectivity index (χ0n) is 10.8. The summed E-state index contributed by atoms with van der Waals surface area (Å²) in [6.45, 7) is 3.27. The molecule has 1 unspecified atom stereocenters. The second kappa shape index (κ2) is 5.16. The number of hydrogen-bond donors (Lipinski definition) is 2. The van der Waals surface area contributed by atoms with Crippen molar-refractivity contribution >= 4 is 17.3 Å². The van der Waals surface area contributed by atoms with Gasteiger partial charge >= 0.3 is 0 Å². The average Bonchev–Trinajstić information content (AvgIpc) is 2.75. The molecule has 0 aliphatic carbocycles. The molecule has 1 heterocycles. The van der Waals surface area contributed by atoms with Crippen molar-refractivity contribution in [3.05, 3.63) is 18.2 Å². The molecule has 0 saturated carbocycles. The molecule has 1 saturated heterocycles. The Bertz CT molecular complexity index is 448. The van der Waals surface area contributed by atoms with Crippen LogP contribution in [-0.4, -0.2) is 32.1 Å². The van der Waals surface area contributed by atoms with Gasteiger partial charge < -0.3 is 20.7 Å². The lowest BCUT2D eigenvalue weighted by Gasteiger charge is -2.20. The van der Waals surface area contributed by atoms with E-state index in [1.54, 1.807) is 20.1 Å². The lowest BCUT2D eigenvalue weighted by Crippen LogP contribution is -2.35. The van der Waals surface area contributed by atoms with E-state index in [-0.39, 0.29) is 11.9 Å². The third kappa shape index (κ3) is 2.85. The lowest BCUT2D eigenvalue weighted by atomic mass is 10.2. The molecule has 18 heavy (non-hydrogen) atoms. The molecule has 0 radical (unpaired) electrons. The minimum Gasteiger partial charge on any atom is -0.497 e. The Morgan fingerprint density at radius 3 is 2.94 bits per heavy atom.